The molecule has 11 nitrogen and oxygen atoms in total. The minimum Gasteiger partial charge on any atom is -0.412 e. The maximum Gasteiger partial charge on any atom is 1.00 e. The zero-order chi connectivity index (χ0) is 8.55. The van der Waals surface area contributed by atoms with Crippen molar-refractivity contribution in [1.82, 2.24) is 35.5 Å². The molecule has 2 rings (SSSR count). The number of hydrogen-bond donors (Lipinski definition) is 2. The summed E-state index contributed by atoms with van der Waals surface area (Å²) in [6.45, 7) is 0. The Balaban J connectivity index is 0. The summed E-state index contributed by atoms with van der Waals surface area (Å²) in [6.07, 6.45) is 0. The first-order valence-corrected chi connectivity index (χ1v) is 2.90. The summed E-state index contributed by atoms with van der Waals surface area (Å²) in [7, 11) is 0. The van der Waals surface area contributed by atoms with Crippen molar-refractivity contribution in [3.63, 3.8) is 0 Å². The Kier molecular flexibility index (Phi) is 6.75. The second-order valence-electron chi connectivity index (χ2n) is 1.92. The van der Waals surface area contributed by atoms with Gasteiger partial charge in [-0.1, -0.05) is 0 Å². The summed E-state index contributed by atoms with van der Waals surface area (Å²) in [5.74, 6) is 5.48. The van der Waals surface area contributed by atoms with Crippen molar-refractivity contribution >= 4 is 0 Å². The number of H-pyrrole nitrogens is 1. The Labute approximate surface area is 104 Å². The Bertz CT molecular complexity index is 432. The molecule has 2 aromatic heterocycles. The van der Waals surface area contributed by atoms with Crippen molar-refractivity contribution in [2.75, 3.05) is 5.84 Å². The smallest absolute Gasteiger partial charge is 0.412 e. The van der Waals surface area contributed by atoms with Crippen molar-refractivity contribution in [2.24, 2.45) is 0 Å². The number of tetrazole rings is 1. The monoisotopic (exact) mass is 226 g/mol. The summed E-state index contributed by atoms with van der Waals surface area (Å²) in [4.78, 5) is 10.8. The number of nitrogens with one attached hydrogen (secondary N) is 1. The summed E-state index contributed by atoms with van der Waals surface area (Å²) >= 11 is 0. The summed E-state index contributed by atoms with van der Waals surface area (Å²) < 4.78 is 0.776. The normalized spacial score (nSPS) is 8.27. The zero-order valence-electron chi connectivity index (χ0n) is 7.67. The molecule has 0 aromatic carbocycles. The minimum absolute atomic E-state index is 0. The summed E-state index contributed by atoms with van der Waals surface area (Å²) in [5, 5.41) is 19.0. The molecular formula is C3H7N8NaO3. The van der Waals surface area contributed by atoms with E-state index in [-0.39, 0.29) is 52.2 Å². The fourth-order valence-electron chi connectivity index (χ4n) is 0.697. The van der Waals surface area contributed by atoms with Crippen molar-refractivity contribution in [2.45, 2.75) is 0 Å². The first-order valence-electron chi connectivity index (χ1n) is 2.90. The predicted molar refractivity (Wildman–Crippen MR) is 42.4 cm³/mol. The van der Waals surface area contributed by atoms with Crippen LogP contribution in [0.25, 0.3) is 11.6 Å². The average molecular weight is 226 g/mol. The van der Waals surface area contributed by atoms with Crippen LogP contribution in [0.4, 0.5) is 0 Å². The fraction of sp³-hybridized carbons (Fsp3) is 0. The van der Waals surface area contributed by atoms with Gasteiger partial charge in [0.15, 0.2) is 5.82 Å². The van der Waals surface area contributed by atoms with Crippen LogP contribution in [0.3, 0.4) is 0 Å². The molecule has 0 spiro atoms. The van der Waals surface area contributed by atoms with Gasteiger partial charge in [0, 0.05) is 0 Å². The topological polar surface area (TPSA) is 192 Å². The van der Waals surface area contributed by atoms with E-state index in [0.29, 0.717) is 0 Å². The number of aromatic nitrogens is 7. The van der Waals surface area contributed by atoms with Crippen molar-refractivity contribution in [3.8, 4) is 11.6 Å². The summed E-state index contributed by atoms with van der Waals surface area (Å²) in [5.41, 5.74) is -0.546. The third kappa shape index (κ3) is 2.84. The first-order chi connectivity index (χ1) is 5.79. The minimum atomic E-state index is -0.546. The molecule has 0 bridgehead atoms. The van der Waals surface area contributed by atoms with E-state index in [1.54, 1.807) is 0 Å². The number of nitrogens with zero attached hydrogens (tertiary/aromatic N) is 6. The van der Waals surface area contributed by atoms with E-state index in [0.717, 1.165) is 4.68 Å². The van der Waals surface area contributed by atoms with E-state index in [9.17, 15) is 4.79 Å². The van der Waals surface area contributed by atoms with E-state index in [2.05, 4.69) is 30.8 Å². The second-order valence-corrected chi connectivity index (χ2v) is 1.92. The number of rotatable bonds is 1. The van der Waals surface area contributed by atoms with Crippen molar-refractivity contribution in [1.29, 1.82) is 0 Å². The number of aromatic amines is 1. The van der Waals surface area contributed by atoms with Crippen LogP contribution in [-0.4, -0.2) is 41.4 Å². The molecule has 0 atom stereocenters. The Morgan fingerprint density at radius 3 is 2.47 bits per heavy atom. The molecule has 0 saturated heterocycles. The SMILES string of the molecule is Nn1c(-c2nnn[n-]2)n[nH]c1=O.O.O.[Na+]. The standard InChI is InChI=1S/C3H4N8O.Na.2H2O/c4-11-2(7-8-3(11)12)1-5-9-10-6-1;;;/h4H2,(H2,5,6,7,8,9,10,12);;2*1H2/q;+1;;/p-1. The Hall–Kier alpha value is -1.27. The van der Waals surface area contributed by atoms with E-state index in [4.69, 9.17) is 5.84 Å². The molecule has 2 heterocycles. The van der Waals surface area contributed by atoms with Gasteiger partial charge in [0.05, 0.1) is 5.82 Å². The molecule has 0 radical (unpaired) electrons. The molecule has 78 valence electrons. The number of hydrogen-bond acceptors (Lipinski definition) is 6. The molecule has 12 heteroatoms. The molecule has 0 aliphatic rings. The molecule has 0 aliphatic carbocycles. The van der Waals surface area contributed by atoms with Crippen LogP contribution in [0.5, 0.6) is 0 Å². The van der Waals surface area contributed by atoms with Gasteiger partial charge in [-0.05, 0) is 0 Å². The fourth-order valence-corrected chi connectivity index (χ4v) is 0.697. The average Bonchev–Trinajstić information content (AvgIpc) is 2.64. The van der Waals surface area contributed by atoms with E-state index >= 15 is 0 Å². The second kappa shape index (κ2) is 6.26. The van der Waals surface area contributed by atoms with Gasteiger partial charge >= 0.3 is 35.2 Å². The van der Waals surface area contributed by atoms with Gasteiger partial charge in [0.2, 0.25) is 0 Å². The Morgan fingerprint density at radius 2 is 2.07 bits per heavy atom. The van der Waals surface area contributed by atoms with Crippen molar-refractivity contribution in [3.05, 3.63) is 10.5 Å². The van der Waals surface area contributed by atoms with Gasteiger partial charge in [-0.2, -0.15) is 15.0 Å². The molecule has 7 N–H and O–H groups in total. The maximum absolute atomic E-state index is 10.8. The largest absolute Gasteiger partial charge is 1.00 e. The van der Waals surface area contributed by atoms with Crippen LogP contribution in [0, 0.1) is 0 Å². The number of nitrogen functional groups attached to an aromatic ring is 1. The van der Waals surface area contributed by atoms with Gasteiger partial charge in [0.1, 0.15) is 0 Å². The van der Waals surface area contributed by atoms with Crippen molar-refractivity contribution < 1.29 is 40.5 Å². The summed E-state index contributed by atoms with van der Waals surface area (Å²) in [6, 6.07) is 0. The van der Waals surface area contributed by atoms with Crippen LogP contribution in [0.15, 0.2) is 4.79 Å². The van der Waals surface area contributed by atoms with Crippen LogP contribution in [0.2, 0.25) is 0 Å². The molecule has 0 fully saturated rings. The van der Waals surface area contributed by atoms with Gasteiger partial charge in [-0.3, -0.25) is 10.3 Å². The molecule has 2 aromatic rings. The quantitative estimate of drug-likeness (QED) is 0.355. The molecular weight excluding hydrogens is 219 g/mol. The van der Waals surface area contributed by atoms with E-state index in [1.165, 1.54) is 0 Å². The Morgan fingerprint density at radius 1 is 1.40 bits per heavy atom. The number of nitrogens with two attached hydrogens (primary N) is 1. The molecule has 0 aliphatic heterocycles. The van der Waals surface area contributed by atoms with E-state index < -0.39 is 5.69 Å². The maximum atomic E-state index is 10.8. The van der Waals surface area contributed by atoms with Gasteiger partial charge in [-0.25, -0.2) is 9.89 Å². The molecule has 0 amide bonds. The van der Waals surface area contributed by atoms with Crippen LogP contribution >= 0.6 is 0 Å². The van der Waals surface area contributed by atoms with E-state index in [1.807, 2.05) is 0 Å². The van der Waals surface area contributed by atoms with Crippen LogP contribution < -0.4 is 46.2 Å². The molecule has 0 saturated carbocycles. The van der Waals surface area contributed by atoms with Gasteiger partial charge in [0.25, 0.3) is 0 Å². The van der Waals surface area contributed by atoms with Gasteiger partial charge in [-0.15, -0.1) is 0 Å². The predicted octanol–water partition coefficient (Wildman–Crippen LogP) is -7.55. The molecule has 15 heavy (non-hydrogen) atoms. The third-order valence-electron chi connectivity index (χ3n) is 1.22. The first kappa shape index (κ1) is 16.2. The van der Waals surface area contributed by atoms with Gasteiger partial charge < -0.3 is 21.9 Å². The van der Waals surface area contributed by atoms with Crippen LogP contribution in [-0.2, 0) is 0 Å². The van der Waals surface area contributed by atoms with Crippen LogP contribution in [0.1, 0.15) is 0 Å². The zero-order valence-corrected chi connectivity index (χ0v) is 9.67. The third-order valence-corrected chi connectivity index (χ3v) is 1.22. The molecule has 0 unspecified atom stereocenters.